The Hall–Kier alpha value is -3.54. The average molecular weight is 375 g/mol. The highest BCUT2D eigenvalue weighted by Gasteiger charge is 2.13. The number of fused-ring (bicyclic) bond motifs is 1. The zero-order chi connectivity index (χ0) is 19.5. The maximum absolute atomic E-state index is 12.7. The predicted molar refractivity (Wildman–Crippen MR) is 109 cm³/mol. The number of carbonyl (C=O) groups is 1. The van der Waals surface area contributed by atoms with Crippen LogP contribution < -0.4 is 20.1 Å². The monoisotopic (exact) mass is 375 g/mol. The third kappa shape index (κ3) is 3.76. The summed E-state index contributed by atoms with van der Waals surface area (Å²) < 4.78 is 11.1. The second-order valence-corrected chi connectivity index (χ2v) is 6.63. The van der Waals surface area contributed by atoms with E-state index in [9.17, 15) is 4.79 Å². The van der Waals surface area contributed by atoms with Crippen LogP contribution in [-0.2, 0) is 0 Å². The predicted octanol–water partition coefficient (Wildman–Crippen LogP) is 4.47. The standard InChI is InChI=1S/C22H21N3O3/c1-14-4-3-5-15(2)21(14)25-22(26)16-8-9-23-20(12-16)24-17-6-7-18-19(13-17)28-11-10-27-18/h3-9,12-13H,10-11H2,1-2H3,(H,23,24)(H,25,26). The largest absolute Gasteiger partial charge is 0.486 e. The van der Waals surface area contributed by atoms with Crippen LogP contribution in [0.5, 0.6) is 11.5 Å². The molecule has 0 unspecified atom stereocenters. The number of nitrogens with one attached hydrogen (secondary N) is 2. The van der Waals surface area contributed by atoms with Crippen molar-refractivity contribution >= 4 is 23.1 Å². The first-order chi connectivity index (χ1) is 13.6. The van der Waals surface area contributed by atoms with Gasteiger partial charge in [-0.25, -0.2) is 4.98 Å². The normalized spacial score (nSPS) is 12.4. The smallest absolute Gasteiger partial charge is 0.255 e. The van der Waals surface area contributed by atoms with Gasteiger partial charge in [-0.1, -0.05) is 18.2 Å². The summed E-state index contributed by atoms with van der Waals surface area (Å²) in [5.74, 6) is 1.82. The van der Waals surface area contributed by atoms with Gasteiger partial charge in [-0.15, -0.1) is 0 Å². The van der Waals surface area contributed by atoms with Gasteiger partial charge in [0.25, 0.3) is 5.91 Å². The number of aryl methyl sites for hydroxylation is 2. The number of ether oxygens (including phenoxy) is 2. The van der Waals surface area contributed by atoms with E-state index in [-0.39, 0.29) is 5.91 Å². The minimum Gasteiger partial charge on any atom is -0.486 e. The summed E-state index contributed by atoms with van der Waals surface area (Å²) in [7, 11) is 0. The fourth-order valence-electron chi connectivity index (χ4n) is 3.11. The van der Waals surface area contributed by atoms with Crippen LogP contribution in [0.2, 0.25) is 0 Å². The Morgan fingerprint density at radius 3 is 2.50 bits per heavy atom. The molecule has 2 N–H and O–H groups in total. The number of rotatable bonds is 4. The molecule has 3 aromatic rings. The molecule has 0 spiro atoms. The highest BCUT2D eigenvalue weighted by atomic mass is 16.6. The van der Waals surface area contributed by atoms with Crippen molar-refractivity contribution < 1.29 is 14.3 Å². The Kier molecular flexibility index (Phi) is 4.85. The van der Waals surface area contributed by atoms with Gasteiger partial charge in [0.1, 0.15) is 19.0 Å². The van der Waals surface area contributed by atoms with Crippen LogP contribution in [0, 0.1) is 13.8 Å². The molecule has 1 aliphatic heterocycles. The Morgan fingerprint density at radius 2 is 1.71 bits per heavy atom. The summed E-state index contributed by atoms with van der Waals surface area (Å²) in [6.07, 6.45) is 1.61. The van der Waals surface area contributed by atoms with Crippen LogP contribution in [-0.4, -0.2) is 24.1 Å². The third-order valence-electron chi connectivity index (χ3n) is 4.56. The van der Waals surface area contributed by atoms with E-state index in [2.05, 4.69) is 15.6 Å². The molecule has 6 nitrogen and oxygen atoms in total. The number of anilines is 3. The van der Waals surface area contributed by atoms with E-state index >= 15 is 0 Å². The molecule has 4 rings (SSSR count). The first kappa shape index (κ1) is 17.9. The van der Waals surface area contributed by atoms with Crippen LogP contribution in [0.4, 0.5) is 17.2 Å². The van der Waals surface area contributed by atoms with E-state index in [1.165, 1.54) is 0 Å². The Morgan fingerprint density at radius 1 is 0.964 bits per heavy atom. The number of pyridine rings is 1. The second-order valence-electron chi connectivity index (χ2n) is 6.63. The van der Waals surface area contributed by atoms with Gasteiger partial charge in [-0.05, 0) is 49.2 Å². The van der Waals surface area contributed by atoms with E-state index in [0.29, 0.717) is 30.3 Å². The quantitative estimate of drug-likeness (QED) is 0.704. The number of hydrogen-bond donors (Lipinski definition) is 2. The van der Waals surface area contributed by atoms with Gasteiger partial charge < -0.3 is 20.1 Å². The Balaban J connectivity index is 1.52. The topological polar surface area (TPSA) is 72.5 Å². The zero-order valence-corrected chi connectivity index (χ0v) is 15.8. The number of aromatic nitrogens is 1. The summed E-state index contributed by atoms with van der Waals surface area (Å²) in [6.45, 7) is 5.04. The summed E-state index contributed by atoms with van der Waals surface area (Å²) >= 11 is 0. The molecule has 1 aliphatic rings. The number of nitrogens with zero attached hydrogens (tertiary/aromatic N) is 1. The first-order valence-electron chi connectivity index (χ1n) is 9.10. The lowest BCUT2D eigenvalue weighted by Gasteiger charge is -2.19. The summed E-state index contributed by atoms with van der Waals surface area (Å²) in [5, 5.41) is 6.21. The minimum absolute atomic E-state index is 0.176. The van der Waals surface area contributed by atoms with Gasteiger partial charge >= 0.3 is 0 Å². The van der Waals surface area contributed by atoms with Crippen molar-refractivity contribution in [2.45, 2.75) is 13.8 Å². The maximum atomic E-state index is 12.7. The highest BCUT2D eigenvalue weighted by Crippen LogP contribution is 2.33. The molecular formula is C22H21N3O3. The summed E-state index contributed by atoms with van der Waals surface area (Å²) in [6, 6.07) is 14.9. The van der Waals surface area contributed by atoms with Gasteiger partial charge in [0, 0.05) is 29.2 Å². The van der Waals surface area contributed by atoms with Crippen molar-refractivity contribution in [2.75, 3.05) is 23.8 Å². The van der Waals surface area contributed by atoms with Crippen LogP contribution in [0.3, 0.4) is 0 Å². The van der Waals surface area contributed by atoms with Crippen LogP contribution in [0.15, 0.2) is 54.7 Å². The molecule has 1 amide bonds. The molecule has 0 fully saturated rings. The van der Waals surface area contributed by atoms with Crippen molar-refractivity contribution in [2.24, 2.45) is 0 Å². The van der Waals surface area contributed by atoms with E-state index in [4.69, 9.17) is 9.47 Å². The van der Waals surface area contributed by atoms with Crippen molar-refractivity contribution in [3.05, 3.63) is 71.4 Å². The van der Waals surface area contributed by atoms with E-state index in [1.54, 1.807) is 18.3 Å². The summed E-state index contributed by atoms with van der Waals surface area (Å²) in [4.78, 5) is 17.0. The highest BCUT2D eigenvalue weighted by molar-refractivity contribution is 6.05. The molecule has 0 saturated carbocycles. The molecule has 6 heteroatoms. The average Bonchev–Trinajstić information content (AvgIpc) is 2.71. The number of hydrogen-bond acceptors (Lipinski definition) is 5. The van der Waals surface area contributed by atoms with E-state index in [0.717, 1.165) is 28.3 Å². The lowest BCUT2D eigenvalue weighted by Crippen LogP contribution is -2.15. The lowest BCUT2D eigenvalue weighted by molar-refractivity contribution is 0.102. The molecule has 0 aliphatic carbocycles. The fraction of sp³-hybridized carbons (Fsp3) is 0.182. The van der Waals surface area contributed by atoms with Crippen molar-refractivity contribution in [1.82, 2.24) is 4.98 Å². The molecule has 0 atom stereocenters. The van der Waals surface area contributed by atoms with Gasteiger partial charge in [-0.2, -0.15) is 0 Å². The zero-order valence-electron chi connectivity index (χ0n) is 15.8. The maximum Gasteiger partial charge on any atom is 0.255 e. The lowest BCUT2D eigenvalue weighted by atomic mass is 10.1. The number of para-hydroxylation sites is 1. The first-order valence-corrected chi connectivity index (χ1v) is 9.10. The van der Waals surface area contributed by atoms with Gasteiger partial charge in [0.05, 0.1) is 0 Å². The Labute approximate surface area is 163 Å². The molecule has 1 aromatic heterocycles. The molecule has 0 saturated heterocycles. The minimum atomic E-state index is -0.176. The van der Waals surface area contributed by atoms with E-state index in [1.807, 2.05) is 50.2 Å². The van der Waals surface area contributed by atoms with Gasteiger partial charge in [0.15, 0.2) is 11.5 Å². The van der Waals surface area contributed by atoms with Crippen LogP contribution in [0.25, 0.3) is 0 Å². The van der Waals surface area contributed by atoms with Gasteiger partial charge in [-0.3, -0.25) is 4.79 Å². The SMILES string of the molecule is Cc1cccc(C)c1NC(=O)c1ccnc(Nc2ccc3c(c2)OCCO3)c1. The third-order valence-corrected chi connectivity index (χ3v) is 4.56. The van der Waals surface area contributed by atoms with Crippen LogP contribution in [0.1, 0.15) is 21.5 Å². The van der Waals surface area contributed by atoms with E-state index < -0.39 is 0 Å². The summed E-state index contributed by atoms with van der Waals surface area (Å²) in [5.41, 5.74) is 4.22. The molecule has 2 heterocycles. The second kappa shape index (κ2) is 7.60. The number of carbonyl (C=O) groups excluding carboxylic acids is 1. The Bertz CT molecular complexity index is 1010. The van der Waals surface area contributed by atoms with Crippen molar-refractivity contribution in [3.63, 3.8) is 0 Å². The molecule has 28 heavy (non-hydrogen) atoms. The van der Waals surface area contributed by atoms with Gasteiger partial charge in [0.2, 0.25) is 0 Å². The van der Waals surface area contributed by atoms with Crippen molar-refractivity contribution in [3.8, 4) is 11.5 Å². The molecule has 142 valence electrons. The van der Waals surface area contributed by atoms with Crippen LogP contribution >= 0.6 is 0 Å². The van der Waals surface area contributed by atoms with Crippen molar-refractivity contribution in [1.29, 1.82) is 0 Å². The fourth-order valence-corrected chi connectivity index (χ4v) is 3.11. The molecular weight excluding hydrogens is 354 g/mol. The number of amides is 1. The number of benzene rings is 2. The molecule has 0 radical (unpaired) electrons. The molecule has 0 bridgehead atoms. The molecule has 2 aromatic carbocycles.